The van der Waals surface area contributed by atoms with Gasteiger partial charge in [0.15, 0.2) is 0 Å². The van der Waals surface area contributed by atoms with E-state index in [2.05, 4.69) is 400 Å². The first-order valence-corrected chi connectivity index (χ1v) is 35.3. The number of rotatable bonds is 12. The lowest BCUT2D eigenvalue weighted by atomic mass is 9.86. The van der Waals surface area contributed by atoms with E-state index in [9.17, 15) is 0 Å². The van der Waals surface area contributed by atoms with Gasteiger partial charge < -0.3 is 0 Å². The summed E-state index contributed by atoms with van der Waals surface area (Å²) in [7, 11) is 0. The maximum absolute atomic E-state index is 2.41. The topological polar surface area (TPSA) is 0 Å². The van der Waals surface area contributed by atoms with E-state index in [-0.39, 0.29) is 0 Å². The van der Waals surface area contributed by atoms with Gasteiger partial charge in [-0.25, -0.2) is 0 Å². The molecule has 19 rings (SSSR count). The quantitative estimate of drug-likeness (QED) is 0.107. The predicted molar refractivity (Wildman–Crippen MR) is 437 cm³/mol. The van der Waals surface area contributed by atoms with Crippen LogP contribution in [-0.4, -0.2) is 0 Å². The van der Waals surface area contributed by atoms with Gasteiger partial charge in [0.1, 0.15) is 0 Å². The summed E-state index contributed by atoms with van der Waals surface area (Å²) in [6, 6.07) is 148. The summed E-state index contributed by atoms with van der Waals surface area (Å²) >= 11 is 0. The minimum Gasteiger partial charge on any atom is -0.0616 e. The van der Waals surface area contributed by atoms with Crippen LogP contribution >= 0.6 is 0 Å². The van der Waals surface area contributed by atoms with Crippen LogP contribution in [0.15, 0.2) is 400 Å². The van der Waals surface area contributed by atoms with Crippen LogP contribution in [0.1, 0.15) is 0 Å². The fourth-order valence-corrected chi connectivity index (χ4v) is 16.0. The highest BCUT2D eigenvalue weighted by molar-refractivity contribution is 6.15. The van der Waals surface area contributed by atoms with Crippen LogP contribution in [0.3, 0.4) is 0 Å². The Morgan fingerprint density at radius 3 is 0.441 bits per heavy atom. The Morgan fingerprint density at radius 1 is 0.0980 bits per heavy atom. The molecule has 0 aromatic heterocycles. The lowest BCUT2D eigenvalue weighted by molar-refractivity contribution is 1.53. The molecule has 0 aliphatic heterocycles. The molecule has 474 valence electrons. The zero-order valence-electron chi connectivity index (χ0n) is 56.1. The molecule has 19 aromatic carbocycles. The van der Waals surface area contributed by atoms with Crippen molar-refractivity contribution in [2.45, 2.75) is 0 Å². The molecule has 102 heavy (non-hydrogen) atoms. The molecule has 0 amide bonds. The van der Waals surface area contributed by atoms with Gasteiger partial charge in [-0.2, -0.15) is 0 Å². The fourth-order valence-electron chi connectivity index (χ4n) is 16.0. The summed E-state index contributed by atoms with van der Waals surface area (Å²) in [5.74, 6) is 0. The maximum atomic E-state index is 2.41. The van der Waals surface area contributed by atoms with Crippen LogP contribution in [0, 0.1) is 0 Å². The Bertz CT molecular complexity index is 5610. The first kappa shape index (κ1) is 60.0. The standard InChI is InChI=1S/C102H66/c1-7-31-94-79(19-1)61-80-20-2-8-32-95(80)100(94)76-55-43-70(44-56-76)67-37-49-73(50-38-67)88-25-13-16-28-91(88)85-64-86(92-29-17-14-26-89(92)74-51-39-68(40-52-74)71-45-57-77(58-46-71)101-96-33-9-3-21-81(96)62-82-22-4-10-34-97(82)101)66-87(65-85)93-30-18-15-27-90(93)75-53-41-69(42-54-75)72-47-59-78(60-48-72)102-98-35-11-5-23-83(98)63-84-24-6-12-36-99(84)102/h1-66H. The molecule has 0 saturated carbocycles. The highest BCUT2D eigenvalue weighted by Gasteiger charge is 2.19. The van der Waals surface area contributed by atoms with Gasteiger partial charge in [0.25, 0.3) is 0 Å². The Labute approximate surface area is 594 Å². The molecule has 0 spiro atoms. The van der Waals surface area contributed by atoms with Gasteiger partial charge in [-0.05, 0) is 235 Å². The van der Waals surface area contributed by atoms with E-state index in [4.69, 9.17) is 0 Å². The van der Waals surface area contributed by atoms with Gasteiger partial charge >= 0.3 is 0 Å². The monoisotopic (exact) mass is 1290 g/mol. The molecule has 0 unspecified atom stereocenters. The van der Waals surface area contributed by atoms with Crippen LogP contribution in [0.25, 0.3) is 198 Å². The summed E-state index contributed by atoms with van der Waals surface area (Å²) in [6.45, 7) is 0. The number of fused-ring (bicyclic) bond motifs is 6. The minimum atomic E-state index is 1.15. The van der Waals surface area contributed by atoms with Crippen molar-refractivity contribution in [1.82, 2.24) is 0 Å². The van der Waals surface area contributed by atoms with E-state index in [0.29, 0.717) is 0 Å². The van der Waals surface area contributed by atoms with E-state index in [1.54, 1.807) is 0 Å². The smallest absolute Gasteiger partial charge is 0.00268 e. The molecule has 0 aliphatic rings. The van der Waals surface area contributed by atoms with Gasteiger partial charge in [0.2, 0.25) is 0 Å². The lowest BCUT2D eigenvalue weighted by Crippen LogP contribution is -1.92. The predicted octanol–water partition coefficient (Wildman–Crippen LogP) is 28.6. The number of hydrogen-bond donors (Lipinski definition) is 0. The van der Waals surface area contributed by atoms with Gasteiger partial charge in [-0.15, -0.1) is 0 Å². The van der Waals surface area contributed by atoms with Gasteiger partial charge in [0, 0.05) is 0 Å². The first-order chi connectivity index (χ1) is 50.5. The van der Waals surface area contributed by atoms with Crippen molar-refractivity contribution in [2.24, 2.45) is 0 Å². The summed E-state index contributed by atoms with van der Waals surface area (Å²) < 4.78 is 0. The summed E-state index contributed by atoms with van der Waals surface area (Å²) in [4.78, 5) is 0. The van der Waals surface area contributed by atoms with E-state index >= 15 is 0 Å². The SMILES string of the molecule is c1ccc(-c2cc(-c3ccccc3-c3ccc(-c4ccc(-c5c6ccccc6cc6ccccc56)cc4)cc3)cc(-c3ccccc3-c3ccc(-c4ccc(-c5c6ccccc6cc6ccccc56)cc4)cc3)c2)c(-c2ccc(-c3ccc(-c4c5ccccc5cc5ccccc45)cc3)cc2)c1. The van der Waals surface area contributed by atoms with Crippen LogP contribution in [0.2, 0.25) is 0 Å². The zero-order valence-corrected chi connectivity index (χ0v) is 56.1. The molecule has 0 radical (unpaired) electrons. The first-order valence-electron chi connectivity index (χ1n) is 35.3. The average molecular weight is 1290 g/mol. The second-order valence-corrected chi connectivity index (χ2v) is 27.0. The molecule has 0 atom stereocenters. The van der Waals surface area contributed by atoms with E-state index in [1.807, 2.05) is 0 Å². The molecule has 0 heterocycles. The molecule has 0 saturated heterocycles. The van der Waals surface area contributed by atoms with Crippen LogP contribution in [0.5, 0.6) is 0 Å². The van der Waals surface area contributed by atoms with Crippen LogP contribution in [-0.2, 0) is 0 Å². The van der Waals surface area contributed by atoms with Gasteiger partial charge in [-0.3, -0.25) is 0 Å². The van der Waals surface area contributed by atoms with Crippen molar-refractivity contribution < 1.29 is 0 Å². The summed E-state index contributed by atoms with van der Waals surface area (Å²) in [5.41, 5.74) is 28.5. The van der Waals surface area contributed by atoms with Crippen LogP contribution < -0.4 is 0 Å². The average Bonchev–Trinajstić information content (AvgIpc) is 0.776. The molecular formula is C102H66. The van der Waals surface area contributed by atoms with Crippen molar-refractivity contribution >= 4 is 64.6 Å². The zero-order chi connectivity index (χ0) is 67.5. The van der Waals surface area contributed by atoms with Crippen LogP contribution in [0.4, 0.5) is 0 Å². The Morgan fingerprint density at radius 2 is 0.245 bits per heavy atom. The van der Waals surface area contributed by atoms with E-state index < -0.39 is 0 Å². The van der Waals surface area contributed by atoms with E-state index in [1.165, 1.54) is 165 Å². The second kappa shape index (κ2) is 25.5. The van der Waals surface area contributed by atoms with Gasteiger partial charge in [-0.1, -0.05) is 364 Å². The van der Waals surface area contributed by atoms with Crippen molar-refractivity contribution in [3.8, 4) is 134 Å². The second-order valence-electron chi connectivity index (χ2n) is 27.0. The molecule has 0 heteroatoms. The van der Waals surface area contributed by atoms with Crippen molar-refractivity contribution in [2.75, 3.05) is 0 Å². The molecular weight excluding hydrogens is 1230 g/mol. The van der Waals surface area contributed by atoms with Crippen molar-refractivity contribution in [3.63, 3.8) is 0 Å². The Hall–Kier alpha value is -13.3. The number of hydrogen-bond acceptors (Lipinski definition) is 0. The van der Waals surface area contributed by atoms with Crippen molar-refractivity contribution in [1.29, 1.82) is 0 Å². The van der Waals surface area contributed by atoms with Gasteiger partial charge in [0.05, 0.1) is 0 Å². The highest BCUT2D eigenvalue weighted by Crippen LogP contribution is 2.46. The molecule has 0 bridgehead atoms. The molecule has 0 N–H and O–H groups in total. The maximum Gasteiger partial charge on any atom is -0.00268 e. The normalized spacial score (nSPS) is 11.5. The lowest BCUT2D eigenvalue weighted by Gasteiger charge is -2.18. The highest BCUT2D eigenvalue weighted by atomic mass is 14.2. The third-order valence-electron chi connectivity index (χ3n) is 21.1. The number of benzene rings is 19. The Kier molecular flexibility index (Phi) is 15.0. The summed E-state index contributed by atoms with van der Waals surface area (Å²) in [6.07, 6.45) is 0. The van der Waals surface area contributed by atoms with E-state index in [0.717, 1.165) is 33.4 Å². The Balaban J connectivity index is 0.677. The van der Waals surface area contributed by atoms with Crippen molar-refractivity contribution in [3.05, 3.63) is 400 Å². The molecule has 19 aromatic rings. The molecule has 0 nitrogen and oxygen atoms in total. The minimum absolute atomic E-state index is 1.15. The third kappa shape index (κ3) is 10.9. The fraction of sp³-hybridized carbons (Fsp3) is 0. The largest absolute Gasteiger partial charge is 0.0616 e. The third-order valence-corrected chi connectivity index (χ3v) is 21.1. The summed E-state index contributed by atoms with van der Waals surface area (Å²) in [5, 5.41) is 15.1. The molecule has 0 fully saturated rings. The molecule has 0 aliphatic carbocycles.